The summed E-state index contributed by atoms with van der Waals surface area (Å²) < 4.78 is 61.0. The van der Waals surface area contributed by atoms with Gasteiger partial charge in [-0.15, -0.1) is 0 Å². The van der Waals surface area contributed by atoms with E-state index in [0.29, 0.717) is 0 Å². The van der Waals surface area contributed by atoms with Crippen molar-refractivity contribution in [1.82, 2.24) is 0 Å². The highest BCUT2D eigenvalue weighted by Crippen LogP contribution is 2.35. The Kier molecular flexibility index (Phi) is 5.33. The van der Waals surface area contributed by atoms with Gasteiger partial charge >= 0.3 is 12.1 Å². The Morgan fingerprint density at radius 2 is 1.88 bits per heavy atom. The number of alkyl halides is 3. The third-order valence-electron chi connectivity index (χ3n) is 3.11. The first-order valence-corrected chi connectivity index (χ1v) is 6.96. The van der Waals surface area contributed by atoms with Crippen molar-refractivity contribution in [3.8, 4) is 5.75 Å². The minimum Gasteiger partial charge on any atom is -0.487 e. The summed E-state index contributed by atoms with van der Waals surface area (Å²) in [5, 5.41) is -0.249. The van der Waals surface area contributed by atoms with Crippen molar-refractivity contribution in [2.75, 3.05) is 7.11 Å². The van der Waals surface area contributed by atoms with Crippen LogP contribution in [0.15, 0.2) is 36.4 Å². The molecule has 24 heavy (non-hydrogen) atoms. The van der Waals surface area contributed by atoms with Crippen LogP contribution in [0.25, 0.3) is 0 Å². The minimum absolute atomic E-state index is 0.0234. The predicted molar refractivity (Wildman–Crippen MR) is 78.5 cm³/mol. The van der Waals surface area contributed by atoms with Gasteiger partial charge in [0.2, 0.25) is 0 Å². The number of benzene rings is 2. The van der Waals surface area contributed by atoms with E-state index in [1.54, 1.807) is 0 Å². The van der Waals surface area contributed by atoms with Gasteiger partial charge in [-0.05, 0) is 36.4 Å². The van der Waals surface area contributed by atoms with Crippen LogP contribution < -0.4 is 4.74 Å². The molecule has 2 aromatic rings. The summed E-state index contributed by atoms with van der Waals surface area (Å²) >= 11 is 5.77. The normalized spacial score (nSPS) is 11.2. The molecule has 0 amide bonds. The molecule has 0 atom stereocenters. The Morgan fingerprint density at radius 1 is 1.17 bits per heavy atom. The highest BCUT2D eigenvalue weighted by Gasteiger charge is 2.31. The van der Waals surface area contributed by atoms with Crippen LogP contribution in [0.5, 0.6) is 5.75 Å². The monoisotopic (exact) mass is 362 g/mol. The fourth-order valence-electron chi connectivity index (χ4n) is 1.94. The quantitative estimate of drug-likeness (QED) is 0.575. The van der Waals surface area contributed by atoms with Gasteiger partial charge in [0.05, 0.1) is 23.3 Å². The van der Waals surface area contributed by atoms with Gasteiger partial charge < -0.3 is 9.47 Å². The third-order valence-corrected chi connectivity index (χ3v) is 3.41. The number of rotatable bonds is 4. The van der Waals surface area contributed by atoms with Crippen molar-refractivity contribution in [1.29, 1.82) is 0 Å². The maximum Gasteiger partial charge on any atom is 0.416 e. The summed E-state index contributed by atoms with van der Waals surface area (Å²) in [5.74, 6) is -1.31. The molecule has 0 unspecified atom stereocenters. The van der Waals surface area contributed by atoms with Gasteiger partial charge in [0.15, 0.2) is 0 Å². The molecule has 0 aliphatic carbocycles. The van der Waals surface area contributed by atoms with E-state index in [1.165, 1.54) is 13.2 Å². The van der Waals surface area contributed by atoms with E-state index in [0.717, 1.165) is 30.3 Å². The summed E-state index contributed by atoms with van der Waals surface area (Å²) in [7, 11) is 1.17. The SMILES string of the molecule is COC(=O)c1ccc(F)cc1COc1ccc(C(F)(F)F)cc1Cl. The van der Waals surface area contributed by atoms with E-state index >= 15 is 0 Å². The molecule has 128 valence electrons. The van der Waals surface area contributed by atoms with Crippen molar-refractivity contribution in [2.45, 2.75) is 12.8 Å². The first-order chi connectivity index (χ1) is 11.2. The Bertz CT molecular complexity index is 759. The van der Waals surface area contributed by atoms with Crippen LogP contribution in [-0.2, 0) is 17.5 Å². The molecule has 3 nitrogen and oxygen atoms in total. The zero-order valence-corrected chi connectivity index (χ0v) is 13.0. The first kappa shape index (κ1) is 18.1. The van der Waals surface area contributed by atoms with Gasteiger partial charge in [0, 0.05) is 5.56 Å². The fraction of sp³-hybridized carbons (Fsp3) is 0.188. The molecule has 0 aliphatic heterocycles. The fourth-order valence-corrected chi connectivity index (χ4v) is 2.18. The highest BCUT2D eigenvalue weighted by molar-refractivity contribution is 6.32. The topological polar surface area (TPSA) is 35.5 Å². The van der Waals surface area contributed by atoms with Crippen LogP contribution in [-0.4, -0.2) is 13.1 Å². The van der Waals surface area contributed by atoms with E-state index in [-0.39, 0.29) is 28.5 Å². The molecular formula is C16H11ClF4O3. The van der Waals surface area contributed by atoms with E-state index < -0.39 is 23.5 Å². The van der Waals surface area contributed by atoms with Gasteiger partial charge in [-0.2, -0.15) is 13.2 Å². The number of hydrogen-bond donors (Lipinski definition) is 0. The van der Waals surface area contributed by atoms with Gasteiger partial charge in [0.25, 0.3) is 0 Å². The molecule has 0 aliphatic rings. The van der Waals surface area contributed by atoms with Gasteiger partial charge in [0.1, 0.15) is 18.2 Å². The first-order valence-electron chi connectivity index (χ1n) is 6.58. The van der Waals surface area contributed by atoms with Crippen molar-refractivity contribution in [3.63, 3.8) is 0 Å². The molecule has 0 saturated carbocycles. The van der Waals surface area contributed by atoms with Crippen LogP contribution >= 0.6 is 11.6 Å². The Balaban J connectivity index is 2.23. The number of hydrogen-bond acceptors (Lipinski definition) is 3. The van der Waals surface area contributed by atoms with Crippen molar-refractivity contribution in [2.24, 2.45) is 0 Å². The second-order valence-corrected chi connectivity index (χ2v) is 5.13. The number of esters is 1. The zero-order chi connectivity index (χ0) is 17.9. The summed E-state index contributed by atoms with van der Waals surface area (Å²) in [5.41, 5.74) is -0.652. The predicted octanol–water partition coefficient (Wildman–Crippen LogP) is 4.86. The molecule has 0 spiro atoms. The lowest BCUT2D eigenvalue weighted by Gasteiger charge is -2.13. The molecule has 2 rings (SSSR count). The van der Waals surface area contributed by atoms with Crippen molar-refractivity contribution < 1.29 is 31.8 Å². The van der Waals surface area contributed by atoms with Crippen LogP contribution in [0.2, 0.25) is 5.02 Å². The van der Waals surface area contributed by atoms with Crippen molar-refractivity contribution in [3.05, 3.63) is 63.9 Å². The molecule has 0 bridgehead atoms. The maximum absolute atomic E-state index is 13.3. The average molecular weight is 363 g/mol. The maximum atomic E-state index is 13.3. The van der Waals surface area contributed by atoms with Crippen LogP contribution in [0, 0.1) is 5.82 Å². The van der Waals surface area contributed by atoms with Crippen LogP contribution in [0.4, 0.5) is 17.6 Å². The largest absolute Gasteiger partial charge is 0.487 e. The number of carbonyl (C=O) groups is 1. The number of carbonyl (C=O) groups excluding carboxylic acids is 1. The van der Waals surface area contributed by atoms with E-state index in [9.17, 15) is 22.4 Å². The van der Waals surface area contributed by atoms with Crippen LogP contribution in [0.3, 0.4) is 0 Å². The molecule has 0 radical (unpaired) electrons. The minimum atomic E-state index is -4.53. The summed E-state index contributed by atoms with van der Waals surface area (Å²) in [6.45, 7) is -0.271. The lowest BCUT2D eigenvalue weighted by atomic mass is 10.1. The second kappa shape index (κ2) is 7.09. The molecule has 0 heterocycles. The summed E-state index contributed by atoms with van der Waals surface area (Å²) in [6, 6.07) is 5.99. The number of ether oxygens (including phenoxy) is 2. The second-order valence-electron chi connectivity index (χ2n) is 4.72. The summed E-state index contributed by atoms with van der Waals surface area (Å²) in [6.07, 6.45) is -4.53. The average Bonchev–Trinajstić information content (AvgIpc) is 2.52. The standard InChI is InChI=1S/C16H11ClF4O3/c1-23-15(22)12-4-3-11(18)6-9(12)8-24-14-5-2-10(7-13(14)17)16(19,20)21/h2-7H,8H2,1H3. The molecule has 2 aromatic carbocycles. The lowest BCUT2D eigenvalue weighted by molar-refractivity contribution is -0.137. The Morgan fingerprint density at radius 3 is 2.46 bits per heavy atom. The van der Waals surface area contributed by atoms with Crippen LogP contribution in [0.1, 0.15) is 21.5 Å². The molecule has 0 N–H and O–H groups in total. The molecule has 8 heteroatoms. The van der Waals surface area contributed by atoms with E-state index in [4.69, 9.17) is 16.3 Å². The summed E-state index contributed by atoms with van der Waals surface area (Å²) in [4.78, 5) is 11.6. The highest BCUT2D eigenvalue weighted by atomic mass is 35.5. The zero-order valence-electron chi connectivity index (χ0n) is 12.3. The van der Waals surface area contributed by atoms with Gasteiger partial charge in [-0.1, -0.05) is 11.6 Å². The van der Waals surface area contributed by atoms with E-state index in [1.807, 2.05) is 0 Å². The van der Waals surface area contributed by atoms with Crippen molar-refractivity contribution >= 4 is 17.6 Å². The number of methoxy groups -OCH3 is 1. The smallest absolute Gasteiger partial charge is 0.416 e. The third kappa shape index (κ3) is 4.17. The molecular weight excluding hydrogens is 352 g/mol. The molecule has 0 saturated heterocycles. The Hall–Kier alpha value is -2.28. The van der Waals surface area contributed by atoms with Gasteiger partial charge in [-0.3, -0.25) is 0 Å². The lowest BCUT2D eigenvalue weighted by Crippen LogP contribution is -2.09. The Labute approximate surface area is 139 Å². The van der Waals surface area contributed by atoms with Gasteiger partial charge in [-0.25, -0.2) is 9.18 Å². The molecule has 0 fully saturated rings. The van der Waals surface area contributed by atoms with E-state index in [2.05, 4.69) is 4.74 Å². The number of halogens is 5. The molecule has 0 aromatic heterocycles.